The van der Waals surface area contributed by atoms with Crippen LogP contribution in [0.3, 0.4) is 0 Å². The number of aryl methyl sites for hydroxylation is 3. The SMILES string of the molecule is CCOC(=O)c1c(C)noc1NS(=O)(=O)c1ccc(C)c(C)c1. The van der Waals surface area contributed by atoms with E-state index in [1.165, 1.54) is 13.0 Å². The predicted molar refractivity (Wildman–Crippen MR) is 83.9 cm³/mol. The van der Waals surface area contributed by atoms with Gasteiger partial charge < -0.3 is 9.26 Å². The number of sulfonamides is 1. The van der Waals surface area contributed by atoms with Crippen LogP contribution in [0.4, 0.5) is 5.88 Å². The molecule has 2 aromatic rings. The number of rotatable bonds is 5. The van der Waals surface area contributed by atoms with Gasteiger partial charge in [-0.3, -0.25) is 0 Å². The van der Waals surface area contributed by atoms with Crippen LogP contribution in [0.15, 0.2) is 27.6 Å². The van der Waals surface area contributed by atoms with E-state index in [9.17, 15) is 13.2 Å². The Labute approximate surface area is 134 Å². The summed E-state index contributed by atoms with van der Waals surface area (Å²) >= 11 is 0. The van der Waals surface area contributed by atoms with Crippen molar-refractivity contribution >= 4 is 21.9 Å². The predicted octanol–water partition coefficient (Wildman–Crippen LogP) is 2.58. The van der Waals surface area contributed by atoms with Crippen LogP contribution in [0.5, 0.6) is 0 Å². The number of carbonyl (C=O) groups is 1. The highest BCUT2D eigenvalue weighted by Gasteiger charge is 2.26. The maximum absolute atomic E-state index is 12.5. The molecule has 0 unspecified atom stereocenters. The van der Waals surface area contributed by atoms with E-state index in [4.69, 9.17) is 9.26 Å². The Morgan fingerprint density at radius 3 is 2.57 bits per heavy atom. The lowest BCUT2D eigenvalue weighted by Crippen LogP contribution is -2.16. The maximum Gasteiger partial charge on any atom is 0.345 e. The maximum atomic E-state index is 12.5. The van der Waals surface area contributed by atoms with Gasteiger partial charge in [0.1, 0.15) is 5.56 Å². The lowest BCUT2D eigenvalue weighted by Gasteiger charge is -2.08. The molecule has 0 aliphatic carbocycles. The number of carbonyl (C=O) groups excluding carboxylic acids is 1. The standard InChI is InChI=1S/C15H18N2O5S/c1-5-21-15(18)13-11(4)16-22-14(13)17-23(19,20)12-7-6-9(2)10(3)8-12/h6-8,17H,5H2,1-4H3. The third-order valence-electron chi connectivity index (χ3n) is 3.36. The molecular formula is C15H18N2O5S. The molecule has 1 N–H and O–H groups in total. The Kier molecular flexibility index (Phi) is 4.74. The fraction of sp³-hybridized carbons (Fsp3) is 0.333. The summed E-state index contributed by atoms with van der Waals surface area (Å²) in [7, 11) is -3.90. The Morgan fingerprint density at radius 1 is 1.26 bits per heavy atom. The second kappa shape index (κ2) is 6.41. The van der Waals surface area contributed by atoms with Crippen molar-refractivity contribution in [3.63, 3.8) is 0 Å². The van der Waals surface area contributed by atoms with Gasteiger partial charge in [-0.15, -0.1) is 0 Å². The summed E-state index contributed by atoms with van der Waals surface area (Å²) in [6, 6.07) is 4.74. The summed E-state index contributed by atoms with van der Waals surface area (Å²) in [5.41, 5.74) is 2.04. The number of esters is 1. The highest BCUT2D eigenvalue weighted by Crippen LogP contribution is 2.24. The molecule has 0 saturated carbocycles. The van der Waals surface area contributed by atoms with Crippen molar-refractivity contribution in [2.75, 3.05) is 11.3 Å². The molecule has 1 heterocycles. The molecule has 124 valence electrons. The molecule has 8 heteroatoms. The van der Waals surface area contributed by atoms with Crippen molar-refractivity contribution in [2.45, 2.75) is 32.6 Å². The summed E-state index contributed by atoms with van der Waals surface area (Å²) in [6.07, 6.45) is 0. The van der Waals surface area contributed by atoms with Crippen molar-refractivity contribution in [3.05, 3.63) is 40.6 Å². The number of hydrogen-bond acceptors (Lipinski definition) is 6. The topological polar surface area (TPSA) is 98.5 Å². The van der Waals surface area contributed by atoms with Crippen molar-refractivity contribution in [3.8, 4) is 0 Å². The summed E-state index contributed by atoms with van der Waals surface area (Å²) in [6.45, 7) is 7.05. The zero-order valence-corrected chi connectivity index (χ0v) is 14.2. The van der Waals surface area contributed by atoms with Gasteiger partial charge in [0.25, 0.3) is 15.9 Å². The van der Waals surface area contributed by atoms with Crippen LogP contribution in [-0.2, 0) is 14.8 Å². The van der Waals surface area contributed by atoms with Crippen LogP contribution >= 0.6 is 0 Å². The quantitative estimate of drug-likeness (QED) is 0.841. The lowest BCUT2D eigenvalue weighted by atomic mass is 10.1. The second-order valence-electron chi connectivity index (χ2n) is 5.04. The van der Waals surface area contributed by atoms with Crippen LogP contribution in [0.2, 0.25) is 0 Å². The molecule has 0 fully saturated rings. The molecule has 0 aliphatic heterocycles. The molecule has 0 bridgehead atoms. The van der Waals surface area contributed by atoms with E-state index in [0.29, 0.717) is 0 Å². The Morgan fingerprint density at radius 2 is 1.96 bits per heavy atom. The first-order chi connectivity index (χ1) is 10.8. The van der Waals surface area contributed by atoms with E-state index in [0.717, 1.165) is 11.1 Å². The normalized spacial score (nSPS) is 11.3. The van der Waals surface area contributed by atoms with Gasteiger partial charge in [-0.1, -0.05) is 11.2 Å². The number of nitrogens with one attached hydrogen (secondary N) is 1. The third kappa shape index (κ3) is 3.53. The number of nitrogens with zero attached hydrogens (tertiary/aromatic N) is 1. The van der Waals surface area contributed by atoms with Crippen LogP contribution in [0.1, 0.15) is 34.1 Å². The van der Waals surface area contributed by atoms with Crippen LogP contribution < -0.4 is 4.72 Å². The Hall–Kier alpha value is -2.35. The molecule has 0 amide bonds. The van der Waals surface area contributed by atoms with Crippen LogP contribution in [-0.4, -0.2) is 26.2 Å². The number of hydrogen-bond donors (Lipinski definition) is 1. The first-order valence-corrected chi connectivity index (χ1v) is 8.48. The van der Waals surface area contributed by atoms with E-state index < -0.39 is 16.0 Å². The number of anilines is 1. The molecule has 2 rings (SSSR count). The molecule has 0 spiro atoms. The Bertz CT molecular complexity index is 840. The zero-order chi connectivity index (χ0) is 17.2. The summed E-state index contributed by atoms with van der Waals surface area (Å²) in [4.78, 5) is 12.0. The molecule has 1 aromatic heterocycles. The molecule has 0 saturated heterocycles. The van der Waals surface area contributed by atoms with Gasteiger partial charge in [0.2, 0.25) is 0 Å². The molecule has 0 radical (unpaired) electrons. The highest BCUT2D eigenvalue weighted by atomic mass is 32.2. The van der Waals surface area contributed by atoms with E-state index in [1.807, 2.05) is 13.8 Å². The fourth-order valence-corrected chi connectivity index (χ4v) is 3.03. The van der Waals surface area contributed by atoms with Gasteiger partial charge in [0.05, 0.1) is 17.2 Å². The number of benzene rings is 1. The van der Waals surface area contributed by atoms with Crippen molar-refractivity contribution < 1.29 is 22.5 Å². The fourth-order valence-electron chi connectivity index (χ4n) is 1.95. The lowest BCUT2D eigenvalue weighted by molar-refractivity contribution is 0.0526. The average Bonchev–Trinajstić information content (AvgIpc) is 2.82. The third-order valence-corrected chi connectivity index (χ3v) is 4.69. The first-order valence-electron chi connectivity index (χ1n) is 6.99. The monoisotopic (exact) mass is 338 g/mol. The average molecular weight is 338 g/mol. The number of ether oxygens (including phenoxy) is 1. The van der Waals surface area contributed by atoms with E-state index in [1.54, 1.807) is 19.1 Å². The first kappa shape index (κ1) is 17.0. The van der Waals surface area contributed by atoms with Gasteiger partial charge in [-0.25, -0.2) is 17.9 Å². The Balaban J connectivity index is 2.38. The summed E-state index contributed by atoms with van der Waals surface area (Å²) in [5, 5.41) is 3.63. The van der Waals surface area contributed by atoms with Crippen molar-refractivity contribution in [1.29, 1.82) is 0 Å². The van der Waals surface area contributed by atoms with E-state index >= 15 is 0 Å². The van der Waals surface area contributed by atoms with Gasteiger partial charge >= 0.3 is 5.97 Å². The van der Waals surface area contributed by atoms with E-state index in [2.05, 4.69) is 9.88 Å². The van der Waals surface area contributed by atoms with Gasteiger partial charge in [0, 0.05) is 0 Å². The zero-order valence-electron chi connectivity index (χ0n) is 13.3. The molecule has 1 aromatic carbocycles. The smallest absolute Gasteiger partial charge is 0.345 e. The van der Waals surface area contributed by atoms with Gasteiger partial charge in [-0.2, -0.15) is 0 Å². The van der Waals surface area contributed by atoms with Crippen molar-refractivity contribution in [1.82, 2.24) is 5.16 Å². The molecule has 0 atom stereocenters. The van der Waals surface area contributed by atoms with E-state index in [-0.39, 0.29) is 28.6 Å². The minimum atomic E-state index is -3.90. The highest BCUT2D eigenvalue weighted by molar-refractivity contribution is 7.92. The molecular weight excluding hydrogens is 320 g/mol. The second-order valence-corrected chi connectivity index (χ2v) is 6.73. The van der Waals surface area contributed by atoms with Gasteiger partial charge in [0.15, 0.2) is 0 Å². The molecule has 0 aliphatic rings. The summed E-state index contributed by atoms with van der Waals surface area (Å²) < 4.78 is 37.0. The minimum Gasteiger partial charge on any atom is -0.462 e. The summed E-state index contributed by atoms with van der Waals surface area (Å²) in [5.74, 6) is -0.941. The number of aromatic nitrogens is 1. The molecule has 23 heavy (non-hydrogen) atoms. The van der Waals surface area contributed by atoms with Crippen LogP contribution in [0.25, 0.3) is 0 Å². The van der Waals surface area contributed by atoms with Gasteiger partial charge in [-0.05, 0) is 51.0 Å². The molecule has 7 nitrogen and oxygen atoms in total. The van der Waals surface area contributed by atoms with Crippen molar-refractivity contribution in [2.24, 2.45) is 0 Å². The van der Waals surface area contributed by atoms with Crippen LogP contribution in [0, 0.1) is 20.8 Å². The minimum absolute atomic E-state index is 0.0285. The largest absolute Gasteiger partial charge is 0.462 e.